The van der Waals surface area contributed by atoms with Gasteiger partial charge in [0.2, 0.25) is 0 Å². The zero-order valence-electron chi connectivity index (χ0n) is 14.1. The number of nitrogens with one attached hydrogen (secondary N) is 1. The van der Waals surface area contributed by atoms with Crippen molar-refractivity contribution in [3.05, 3.63) is 59.7 Å². The second-order valence-electron chi connectivity index (χ2n) is 6.08. The summed E-state index contributed by atoms with van der Waals surface area (Å²) in [4.78, 5) is 15.6. The number of carbonyl (C=O) groups excluding carboxylic acids is 1. The lowest BCUT2D eigenvalue weighted by molar-refractivity contribution is -0.137. The van der Waals surface area contributed by atoms with Crippen LogP contribution < -0.4 is 10.2 Å². The van der Waals surface area contributed by atoms with Crippen LogP contribution in [0, 0.1) is 11.6 Å². The van der Waals surface area contributed by atoms with E-state index in [1.165, 1.54) is 23.1 Å². The summed E-state index contributed by atoms with van der Waals surface area (Å²) in [6.45, 7) is 1.52. The van der Waals surface area contributed by atoms with E-state index in [4.69, 9.17) is 0 Å². The number of piperazine rings is 1. The molecule has 0 spiro atoms. The summed E-state index contributed by atoms with van der Waals surface area (Å²) in [5.41, 5.74) is -0.00613. The first-order chi connectivity index (χ1) is 12.7. The number of carbonyl (C=O) groups is 1. The maximum absolute atomic E-state index is 13.3. The van der Waals surface area contributed by atoms with E-state index in [9.17, 15) is 26.7 Å². The summed E-state index contributed by atoms with van der Waals surface area (Å²) in [7, 11) is 0. The molecule has 2 aromatic carbocycles. The quantitative estimate of drug-likeness (QED) is 0.781. The summed E-state index contributed by atoms with van der Waals surface area (Å²) in [6, 6.07) is 7.38. The van der Waals surface area contributed by atoms with Crippen LogP contribution in [-0.4, -0.2) is 37.1 Å². The van der Waals surface area contributed by atoms with E-state index in [1.54, 1.807) is 0 Å². The zero-order valence-corrected chi connectivity index (χ0v) is 14.1. The molecular weight excluding hydrogens is 369 g/mol. The average Bonchev–Trinajstić information content (AvgIpc) is 2.64. The molecule has 0 saturated carbocycles. The Hall–Kier alpha value is -2.84. The fraction of sp³-hybridized carbons (Fsp3) is 0.278. The van der Waals surface area contributed by atoms with Crippen LogP contribution in [0.4, 0.5) is 38.1 Å². The smallest absolute Gasteiger partial charge is 0.368 e. The van der Waals surface area contributed by atoms with Crippen LogP contribution in [0.5, 0.6) is 0 Å². The van der Waals surface area contributed by atoms with E-state index >= 15 is 0 Å². The van der Waals surface area contributed by atoms with Crippen LogP contribution >= 0.6 is 0 Å². The van der Waals surface area contributed by atoms with Gasteiger partial charge in [0.15, 0.2) is 11.6 Å². The van der Waals surface area contributed by atoms with Gasteiger partial charge in [0.25, 0.3) is 0 Å². The Labute approximate surface area is 152 Å². The first-order valence-corrected chi connectivity index (χ1v) is 8.17. The molecule has 3 rings (SSSR count). The first kappa shape index (κ1) is 18.9. The van der Waals surface area contributed by atoms with E-state index in [0.717, 1.165) is 24.3 Å². The third-order valence-corrected chi connectivity index (χ3v) is 4.30. The highest BCUT2D eigenvalue weighted by molar-refractivity contribution is 5.89. The lowest BCUT2D eigenvalue weighted by Gasteiger charge is -2.36. The number of nitrogens with zero attached hydrogens (tertiary/aromatic N) is 2. The molecule has 9 heteroatoms. The van der Waals surface area contributed by atoms with Crippen molar-refractivity contribution in [1.29, 1.82) is 0 Å². The largest absolute Gasteiger partial charge is 0.416 e. The Morgan fingerprint density at radius 3 is 2.07 bits per heavy atom. The molecule has 0 aliphatic carbocycles. The SMILES string of the molecule is O=C(Nc1ccc(C(F)(F)F)cc1)N1CCN(c2ccc(F)c(F)c2)CC1. The van der Waals surface area contributed by atoms with Gasteiger partial charge in [-0.3, -0.25) is 0 Å². The Morgan fingerprint density at radius 2 is 1.52 bits per heavy atom. The molecule has 1 N–H and O–H groups in total. The summed E-state index contributed by atoms with van der Waals surface area (Å²) >= 11 is 0. The fourth-order valence-electron chi connectivity index (χ4n) is 2.79. The van der Waals surface area contributed by atoms with Gasteiger partial charge in [-0.1, -0.05) is 0 Å². The highest BCUT2D eigenvalue weighted by atomic mass is 19.4. The predicted molar refractivity (Wildman–Crippen MR) is 90.6 cm³/mol. The van der Waals surface area contributed by atoms with Crippen molar-refractivity contribution in [2.45, 2.75) is 6.18 Å². The number of urea groups is 1. The second kappa shape index (κ2) is 7.42. The highest BCUT2D eigenvalue weighted by Crippen LogP contribution is 2.30. The summed E-state index contributed by atoms with van der Waals surface area (Å²) in [5.74, 6) is -1.86. The molecule has 0 unspecified atom stereocenters. The Balaban J connectivity index is 1.56. The van der Waals surface area contributed by atoms with E-state index < -0.39 is 29.4 Å². The summed E-state index contributed by atoms with van der Waals surface area (Å²) < 4.78 is 64.0. The molecule has 0 aromatic heterocycles. The van der Waals surface area contributed by atoms with E-state index in [1.807, 2.05) is 4.90 Å². The Bertz CT molecular complexity index is 815. The van der Waals surface area contributed by atoms with Crippen LogP contribution in [-0.2, 0) is 6.18 Å². The van der Waals surface area contributed by atoms with Crippen molar-refractivity contribution in [2.75, 3.05) is 36.4 Å². The molecule has 4 nitrogen and oxygen atoms in total. The van der Waals surface area contributed by atoms with Crippen molar-refractivity contribution in [1.82, 2.24) is 4.90 Å². The van der Waals surface area contributed by atoms with Crippen LogP contribution in [0.2, 0.25) is 0 Å². The topological polar surface area (TPSA) is 35.6 Å². The van der Waals surface area contributed by atoms with Gasteiger partial charge in [-0.2, -0.15) is 13.2 Å². The summed E-state index contributed by atoms with van der Waals surface area (Å²) in [5, 5.41) is 2.55. The molecule has 1 saturated heterocycles. The van der Waals surface area contributed by atoms with Crippen molar-refractivity contribution in [3.63, 3.8) is 0 Å². The number of hydrogen-bond donors (Lipinski definition) is 1. The van der Waals surface area contributed by atoms with Gasteiger partial charge < -0.3 is 15.1 Å². The maximum atomic E-state index is 13.3. The van der Waals surface area contributed by atoms with Crippen LogP contribution in [0.15, 0.2) is 42.5 Å². The minimum atomic E-state index is -4.43. The minimum absolute atomic E-state index is 0.260. The highest BCUT2D eigenvalue weighted by Gasteiger charge is 2.30. The van der Waals surface area contributed by atoms with Gasteiger partial charge in [-0.15, -0.1) is 0 Å². The molecular formula is C18H16F5N3O. The number of rotatable bonds is 2. The van der Waals surface area contributed by atoms with Gasteiger partial charge >= 0.3 is 12.2 Å². The lowest BCUT2D eigenvalue weighted by Crippen LogP contribution is -2.50. The van der Waals surface area contributed by atoms with Crippen LogP contribution in [0.25, 0.3) is 0 Å². The molecule has 1 heterocycles. The average molecular weight is 385 g/mol. The molecule has 0 bridgehead atoms. The molecule has 2 aromatic rings. The van der Waals surface area contributed by atoms with E-state index in [2.05, 4.69) is 5.32 Å². The minimum Gasteiger partial charge on any atom is -0.368 e. The number of hydrogen-bond acceptors (Lipinski definition) is 2. The lowest BCUT2D eigenvalue weighted by atomic mass is 10.2. The van der Waals surface area contributed by atoms with E-state index in [-0.39, 0.29) is 5.69 Å². The van der Waals surface area contributed by atoms with Gasteiger partial charge in [-0.05, 0) is 36.4 Å². The van der Waals surface area contributed by atoms with Gasteiger partial charge in [0.05, 0.1) is 5.56 Å². The molecule has 1 aliphatic rings. The molecule has 27 heavy (non-hydrogen) atoms. The van der Waals surface area contributed by atoms with Crippen molar-refractivity contribution in [2.24, 2.45) is 0 Å². The Kier molecular flexibility index (Phi) is 5.20. The summed E-state index contributed by atoms with van der Waals surface area (Å²) in [6.07, 6.45) is -4.43. The molecule has 1 aliphatic heterocycles. The van der Waals surface area contributed by atoms with Gasteiger partial charge in [0, 0.05) is 43.6 Å². The van der Waals surface area contributed by atoms with Crippen LogP contribution in [0.3, 0.4) is 0 Å². The monoisotopic (exact) mass is 385 g/mol. The van der Waals surface area contributed by atoms with Crippen molar-refractivity contribution < 1.29 is 26.7 Å². The van der Waals surface area contributed by atoms with Crippen molar-refractivity contribution >= 4 is 17.4 Å². The molecule has 0 radical (unpaired) electrons. The number of halogens is 5. The number of amides is 2. The molecule has 144 valence electrons. The number of alkyl halides is 3. The normalized spacial score (nSPS) is 15.0. The fourth-order valence-corrected chi connectivity index (χ4v) is 2.79. The third kappa shape index (κ3) is 4.47. The number of benzene rings is 2. The maximum Gasteiger partial charge on any atom is 0.416 e. The molecule has 2 amide bonds. The molecule has 0 atom stereocenters. The van der Waals surface area contributed by atoms with Gasteiger partial charge in [0.1, 0.15) is 0 Å². The second-order valence-corrected chi connectivity index (χ2v) is 6.08. The molecule has 1 fully saturated rings. The first-order valence-electron chi connectivity index (χ1n) is 8.17. The van der Waals surface area contributed by atoms with E-state index in [0.29, 0.717) is 31.9 Å². The zero-order chi connectivity index (χ0) is 19.6. The van der Waals surface area contributed by atoms with Crippen LogP contribution in [0.1, 0.15) is 5.56 Å². The van der Waals surface area contributed by atoms with Crippen molar-refractivity contribution in [3.8, 4) is 0 Å². The predicted octanol–water partition coefficient (Wildman–Crippen LogP) is 4.34. The third-order valence-electron chi connectivity index (χ3n) is 4.30. The Morgan fingerprint density at radius 1 is 0.889 bits per heavy atom. The standard InChI is InChI=1S/C18H16F5N3O/c19-15-6-5-14(11-16(15)20)25-7-9-26(10-8-25)17(27)24-13-3-1-12(2-4-13)18(21,22)23/h1-6,11H,7-10H2,(H,24,27). The number of anilines is 2. The van der Waals surface area contributed by atoms with Gasteiger partial charge in [-0.25, -0.2) is 13.6 Å².